The number of fused-ring (bicyclic) bond motifs is 1. The molecular formula is C21H23NO. The Bertz CT molecular complexity index is 807. The van der Waals surface area contributed by atoms with Gasteiger partial charge in [0.2, 0.25) is 5.88 Å². The maximum absolute atomic E-state index is 6.00. The lowest BCUT2D eigenvalue weighted by Crippen LogP contribution is -2.00. The van der Waals surface area contributed by atoms with Crippen molar-refractivity contribution in [3.05, 3.63) is 65.9 Å². The fraction of sp³-hybridized carbons (Fsp3) is 0.286. The first kappa shape index (κ1) is 15.5. The third-order valence-electron chi connectivity index (χ3n) is 4.05. The molecule has 0 spiro atoms. The van der Waals surface area contributed by atoms with Gasteiger partial charge >= 0.3 is 0 Å². The molecule has 3 aromatic rings. The van der Waals surface area contributed by atoms with Crippen LogP contribution in [0.25, 0.3) is 10.8 Å². The Hall–Kier alpha value is -2.35. The van der Waals surface area contributed by atoms with Crippen LogP contribution in [0.2, 0.25) is 0 Å². The summed E-state index contributed by atoms with van der Waals surface area (Å²) in [5, 5.41) is 2.47. The maximum atomic E-state index is 6.00. The number of pyridine rings is 1. The first-order valence-electron chi connectivity index (χ1n) is 8.22. The van der Waals surface area contributed by atoms with Gasteiger partial charge in [0.25, 0.3) is 0 Å². The highest BCUT2D eigenvalue weighted by Crippen LogP contribution is 2.33. The molecule has 3 rings (SSSR count). The fourth-order valence-electron chi connectivity index (χ4n) is 2.91. The summed E-state index contributed by atoms with van der Waals surface area (Å²) in [4.78, 5) is 4.77. The average molecular weight is 305 g/mol. The number of aromatic nitrogens is 1. The van der Waals surface area contributed by atoms with Crippen molar-refractivity contribution < 1.29 is 4.74 Å². The predicted octanol–water partition coefficient (Wildman–Crippen LogP) is 6.27. The Balaban J connectivity index is 2.17. The summed E-state index contributed by atoms with van der Waals surface area (Å²) in [6.45, 7) is 8.80. The molecule has 0 saturated heterocycles. The Morgan fingerprint density at radius 1 is 0.783 bits per heavy atom. The van der Waals surface area contributed by atoms with Crippen LogP contribution in [0.5, 0.6) is 11.6 Å². The summed E-state index contributed by atoms with van der Waals surface area (Å²) in [6.07, 6.45) is 0. The average Bonchev–Trinajstić information content (AvgIpc) is 2.54. The SMILES string of the molecule is CC(C)c1cccc2c(C(C)C)nc(Oc3ccccc3)cc12. The zero-order valence-electron chi connectivity index (χ0n) is 14.2. The van der Waals surface area contributed by atoms with Gasteiger partial charge in [-0.1, -0.05) is 64.1 Å². The second-order valence-electron chi connectivity index (χ2n) is 6.51. The van der Waals surface area contributed by atoms with Gasteiger partial charge in [0, 0.05) is 11.5 Å². The molecule has 0 atom stereocenters. The molecule has 2 aromatic carbocycles. The molecule has 118 valence electrons. The molecule has 1 heterocycles. The van der Waals surface area contributed by atoms with Crippen LogP contribution in [0.15, 0.2) is 54.6 Å². The Kier molecular flexibility index (Phi) is 4.33. The van der Waals surface area contributed by atoms with Gasteiger partial charge in [-0.3, -0.25) is 0 Å². The second-order valence-corrected chi connectivity index (χ2v) is 6.51. The van der Waals surface area contributed by atoms with Crippen molar-refractivity contribution in [1.82, 2.24) is 4.98 Å². The summed E-state index contributed by atoms with van der Waals surface area (Å²) in [5.41, 5.74) is 2.43. The molecule has 0 N–H and O–H groups in total. The van der Waals surface area contributed by atoms with Crippen LogP contribution in [0, 0.1) is 0 Å². The number of nitrogens with zero attached hydrogens (tertiary/aromatic N) is 1. The minimum Gasteiger partial charge on any atom is -0.439 e. The van der Waals surface area contributed by atoms with Gasteiger partial charge in [0.1, 0.15) is 5.75 Å². The molecule has 0 radical (unpaired) electrons. The van der Waals surface area contributed by atoms with E-state index in [4.69, 9.17) is 9.72 Å². The highest BCUT2D eigenvalue weighted by Gasteiger charge is 2.14. The molecular weight excluding hydrogens is 282 g/mol. The maximum Gasteiger partial charge on any atom is 0.220 e. The van der Waals surface area contributed by atoms with E-state index in [0.717, 1.165) is 11.4 Å². The van der Waals surface area contributed by atoms with Crippen molar-refractivity contribution in [2.75, 3.05) is 0 Å². The smallest absolute Gasteiger partial charge is 0.220 e. The number of hydrogen-bond acceptors (Lipinski definition) is 2. The molecule has 0 fully saturated rings. The van der Waals surface area contributed by atoms with Crippen LogP contribution in [-0.2, 0) is 0 Å². The molecule has 0 amide bonds. The van der Waals surface area contributed by atoms with Crippen molar-refractivity contribution in [3.8, 4) is 11.6 Å². The second kappa shape index (κ2) is 6.41. The van der Waals surface area contributed by atoms with E-state index in [1.54, 1.807) is 0 Å². The largest absolute Gasteiger partial charge is 0.439 e. The van der Waals surface area contributed by atoms with Gasteiger partial charge in [-0.2, -0.15) is 0 Å². The quantitative estimate of drug-likeness (QED) is 0.566. The third-order valence-corrected chi connectivity index (χ3v) is 4.05. The predicted molar refractivity (Wildman–Crippen MR) is 96.4 cm³/mol. The molecule has 23 heavy (non-hydrogen) atoms. The highest BCUT2D eigenvalue weighted by atomic mass is 16.5. The zero-order chi connectivity index (χ0) is 16.4. The number of rotatable bonds is 4. The van der Waals surface area contributed by atoms with Gasteiger partial charge < -0.3 is 4.74 Å². The third kappa shape index (κ3) is 3.21. The zero-order valence-corrected chi connectivity index (χ0v) is 14.2. The summed E-state index contributed by atoms with van der Waals surface area (Å²) in [7, 11) is 0. The van der Waals surface area contributed by atoms with E-state index in [2.05, 4.69) is 52.0 Å². The number of ether oxygens (including phenoxy) is 1. The number of hydrogen-bond donors (Lipinski definition) is 0. The van der Waals surface area contributed by atoms with E-state index in [1.807, 2.05) is 30.3 Å². The normalized spacial score (nSPS) is 11.4. The van der Waals surface area contributed by atoms with Gasteiger partial charge in [0.05, 0.1) is 5.69 Å². The molecule has 2 heteroatoms. The van der Waals surface area contributed by atoms with E-state index in [1.165, 1.54) is 16.3 Å². The minimum absolute atomic E-state index is 0.347. The molecule has 0 unspecified atom stereocenters. The minimum atomic E-state index is 0.347. The van der Waals surface area contributed by atoms with Crippen molar-refractivity contribution in [1.29, 1.82) is 0 Å². The lowest BCUT2D eigenvalue weighted by Gasteiger charge is -2.16. The van der Waals surface area contributed by atoms with E-state index in [0.29, 0.717) is 17.7 Å². The summed E-state index contributed by atoms with van der Waals surface area (Å²) < 4.78 is 6.00. The molecule has 0 aliphatic carbocycles. The summed E-state index contributed by atoms with van der Waals surface area (Å²) >= 11 is 0. The Morgan fingerprint density at radius 3 is 2.17 bits per heavy atom. The van der Waals surface area contributed by atoms with Gasteiger partial charge in [-0.15, -0.1) is 0 Å². The van der Waals surface area contributed by atoms with E-state index in [-0.39, 0.29) is 0 Å². The number of para-hydroxylation sites is 1. The van der Waals surface area contributed by atoms with Crippen LogP contribution in [0.4, 0.5) is 0 Å². The van der Waals surface area contributed by atoms with Crippen molar-refractivity contribution >= 4 is 10.8 Å². The molecule has 0 aliphatic heterocycles. The van der Waals surface area contributed by atoms with Crippen molar-refractivity contribution in [2.24, 2.45) is 0 Å². The monoisotopic (exact) mass is 305 g/mol. The van der Waals surface area contributed by atoms with Crippen molar-refractivity contribution in [3.63, 3.8) is 0 Å². The van der Waals surface area contributed by atoms with Crippen molar-refractivity contribution in [2.45, 2.75) is 39.5 Å². The van der Waals surface area contributed by atoms with E-state index in [9.17, 15) is 0 Å². The fourth-order valence-corrected chi connectivity index (χ4v) is 2.91. The molecule has 0 aliphatic rings. The van der Waals surface area contributed by atoms with Crippen LogP contribution < -0.4 is 4.74 Å². The van der Waals surface area contributed by atoms with Crippen LogP contribution in [-0.4, -0.2) is 4.98 Å². The van der Waals surface area contributed by atoms with Crippen LogP contribution in [0.1, 0.15) is 50.8 Å². The first-order valence-corrected chi connectivity index (χ1v) is 8.22. The topological polar surface area (TPSA) is 22.1 Å². The lowest BCUT2D eigenvalue weighted by atomic mass is 9.93. The van der Waals surface area contributed by atoms with E-state index < -0.39 is 0 Å². The highest BCUT2D eigenvalue weighted by molar-refractivity contribution is 5.89. The number of benzene rings is 2. The van der Waals surface area contributed by atoms with Crippen LogP contribution in [0.3, 0.4) is 0 Å². The molecule has 0 bridgehead atoms. The molecule has 1 aromatic heterocycles. The standard InChI is InChI=1S/C21H23NO/c1-14(2)17-11-8-12-18-19(17)13-20(22-21(18)15(3)4)23-16-9-6-5-7-10-16/h5-15H,1-4H3. The van der Waals surface area contributed by atoms with Crippen LogP contribution >= 0.6 is 0 Å². The van der Waals surface area contributed by atoms with E-state index >= 15 is 0 Å². The van der Waals surface area contributed by atoms with Gasteiger partial charge in [-0.25, -0.2) is 4.98 Å². The van der Waals surface area contributed by atoms with Gasteiger partial charge in [-0.05, 0) is 34.9 Å². The Labute approximate surface area is 138 Å². The molecule has 0 saturated carbocycles. The summed E-state index contributed by atoms with van der Waals surface area (Å²) in [6, 6.07) is 18.4. The van der Waals surface area contributed by atoms with Gasteiger partial charge in [0.15, 0.2) is 0 Å². The molecule has 2 nitrogen and oxygen atoms in total. The lowest BCUT2D eigenvalue weighted by molar-refractivity contribution is 0.461. The first-order chi connectivity index (χ1) is 11.1. The summed E-state index contributed by atoms with van der Waals surface area (Å²) in [5.74, 6) is 2.29. The Morgan fingerprint density at radius 2 is 1.52 bits per heavy atom.